The summed E-state index contributed by atoms with van der Waals surface area (Å²) in [4.78, 5) is 27.1. The lowest BCUT2D eigenvalue weighted by Gasteiger charge is -2.27. The highest BCUT2D eigenvalue weighted by Gasteiger charge is 2.32. The third-order valence-electron chi connectivity index (χ3n) is 4.33. The second-order valence-corrected chi connectivity index (χ2v) is 7.73. The fourth-order valence-corrected chi connectivity index (χ4v) is 3.07. The fourth-order valence-electron chi connectivity index (χ4n) is 3.07. The Morgan fingerprint density at radius 3 is 2.61 bits per heavy atom. The molecule has 0 radical (unpaired) electrons. The molecule has 2 aliphatic rings. The van der Waals surface area contributed by atoms with Crippen LogP contribution in [0.4, 0.5) is 16.2 Å². The van der Waals surface area contributed by atoms with Crippen LogP contribution >= 0.6 is 0 Å². The Bertz CT molecular complexity index is 703. The number of benzene rings is 1. The lowest BCUT2D eigenvalue weighted by atomic mass is 10.2. The van der Waals surface area contributed by atoms with Crippen molar-refractivity contribution in [2.45, 2.75) is 38.9 Å². The number of rotatable bonds is 4. The summed E-state index contributed by atoms with van der Waals surface area (Å²) in [5, 5.41) is 12.9. The minimum Gasteiger partial charge on any atom is -0.444 e. The van der Waals surface area contributed by atoms with Crippen LogP contribution < -0.4 is 15.1 Å². The predicted octanol–water partition coefficient (Wildman–Crippen LogP) is 1.06. The van der Waals surface area contributed by atoms with Gasteiger partial charge in [0.25, 0.3) is 5.91 Å². The summed E-state index contributed by atoms with van der Waals surface area (Å²) < 4.78 is 15.8. The van der Waals surface area contributed by atoms with E-state index in [0.717, 1.165) is 11.4 Å². The Morgan fingerprint density at radius 2 is 1.96 bits per heavy atom. The van der Waals surface area contributed by atoms with Crippen molar-refractivity contribution in [2.75, 3.05) is 42.6 Å². The molecule has 2 fully saturated rings. The van der Waals surface area contributed by atoms with Crippen LogP contribution in [-0.2, 0) is 19.0 Å². The van der Waals surface area contributed by atoms with Gasteiger partial charge in [0.1, 0.15) is 12.2 Å². The van der Waals surface area contributed by atoms with Gasteiger partial charge < -0.3 is 34.4 Å². The highest BCUT2D eigenvalue weighted by Crippen LogP contribution is 2.26. The number of carbonyl (C=O) groups excluding carboxylic acids is 2. The van der Waals surface area contributed by atoms with Crippen molar-refractivity contribution in [3.05, 3.63) is 24.3 Å². The summed E-state index contributed by atoms with van der Waals surface area (Å²) in [5.41, 5.74) is 0.974. The number of aliphatic hydroxyl groups is 1. The van der Waals surface area contributed by atoms with Crippen LogP contribution in [0.5, 0.6) is 0 Å². The number of nitrogens with one attached hydrogen (secondary N) is 1. The van der Waals surface area contributed by atoms with Crippen LogP contribution in [0.2, 0.25) is 0 Å². The number of ether oxygens (including phenoxy) is 3. The number of alkyl carbamates (subject to hydrolysis) is 1. The molecule has 9 nitrogen and oxygen atoms in total. The first-order valence-corrected chi connectivity index (χ1v) is 9.28. The maximum Gasteiger partial charge on any atom is 0.407 e. The molecule has 2 unspecified atom stereocenters. The summed E-state index contributed by atoms with van der Waals surface area (Å²) in [7, 11) is 0. The van der Waals surface area contributed by atoms with Crippen LogP contribution in [0.1, 0.15) is 20.8 Å². The first-order chi connectivity index (χ1) is 13.2. The molecule has 0 aromatic heterocycles. The summed E-state index contributed by atoms with van der Waals surface area (Å²) in [6, 6.07) is 7.32. The average molecular weight is 393 g/mol. The first-order valence-electron chi connectivity index (χ1n) is 9.28. The number of hydrogen-bond acceptors (Lipinski definition) is 7. The zero-order chi connectivity index (χ0) is 20.3. The topological polar surface area (TPSA) is 101 Å². The maximum atomic E-state index is 11.9. The van der Waals surface area contributed by atoms with Crippen molar-refractivity contribution in [1.29, 1.82) is 0 Å². The fraction of sp³-hybridized carbons (Fsp3) is 0.579. The van der Waals surface area contributed by atoms with Gasteiger partial charge in [0, 0.05) is 24.5 Å². The number of anilines is 2. The molecule has 2 saturated heterocycles. The molecule has 2 aliphatic heterocycles. The van der Waals surface area contributed by atoms with Crippen LogP contribution in [0.15, 0.2) is 24.3 Å². The molecule has 2 amide bonds. The molecule has 2 N–H and O–H groups in total. The van der Waals surface area contributed by atoms with Gasteiger partial charge in [-0.05, 0) is 45.0 Å². The second kappa shape index (κ2) is 8.34. The van der Waals surface area contributed by atoms with E-state index in [0.29, 0.717) is 19.7 Å². The van der Waals surface area contributed by atoms with E-state index >= 15 is 0 Å². The zero-order valence-corrected chi connectivity index (χ0v) is 16.4. The molecule has 28 heavy (non-hydrogen) atoms. The van der Waals surface area contributed by atoms with Crippen LogP contribution in [0.25, 0.3) is 0 Å². The minimum absolute atomic E-state index is 0.0724. The Hall–Kier alpha value is -2.36. The molecule has 154 valence electrons. The second-order valence-electron chi connectivity index (χ2n) is 7.73. The Labute approximate surface area is 164 Å². The first kappa shape index (κ1) is 20.4. The number of hydrogen-bond donors (Lipinski definition) is 2. The molecule has 2 heterocycles. The highest BCUT2D eigenvalue weighted by atomic mass is 16.6. The number of nitrogens with zero attached hydrogens (tertiary/aromatic N) is 2. The number of carbonyl (C=O) groups is 2. The van der Waals surface area contributed by atoms with Gasteiger partial charge >= 0.3 is 6.09 Å². The lowest BCUT2D eigenvalue weighted by Crippen LogP contribution is -2.41. The van der Waals surface area contributed by atoms with Crippen molar-refractivity contribution >= 4 is 23.4 Å². The van der Waals surface area contributed by atoms with Gasteiger partial charge in [-0.1, -0.05) is 0 Å². The Kier molecular flexibility index (Phi) is 6.07. The van der Waals surface area contributed by atoms with E-state index in [1.807, 2.05) is 24.3 Å². The van der Waals surface area contributed by atoms with E-state index < -0.39 is 18.1 Å². The molecular formula is C19H27N3O6. The van der Waals surface area contributed by atoms with Crippen molar-refractivity contribution in [3.63, 3.8) is 0 Å². The minimum atomic E-state index is -1.11. The van der Waals surface area contributed by atoms with E-state index in [1.165, 1.54) is 0 Å². The van der Waals surface area contributed by atoms with Gasteiger partial charge in [-0.15, -0.1) is 0 Å². The summed E-state index contributed by atoms with van der Waals surface area (Å²) in [5.74, 6) is -0.0724. The van der Waals surface area contributed by atoms with Crippen molar-refractivity contribution in [2.24, 2.45) is 0 Å². The number of amides is 2. The third kappa shape index (κ3) is 5.12. The van der Waals surface area contributed by atoms with E-state index in [1.54, 1.807) is 30.6 Å². The van der Waals surface area contributed by atoms with Crippen LogP contribution in [0, 0.1) is 0 Å². The van der Waals surface area contributed by atoms with E-state index in [-0.39, 0.29) is 25.2 Å². The van der Waals surface area contributed by atoms with Crippen LogP contribution in [-0.4, -0.2) is 68.1 Å². The van der Waals surface area contributed by atoms with Gasteiger partial charge in [-0.25, -0.2) is 4.79 Å². The molecule has 9 heteroatoms. The maximum absolute atomic E-state index is 11.9. The van der Waals surface area contributed by atoms with Gasteiger partial charge in [0.2, 0.25) is 6.41 Å². The van der Waals surface area contributed by atoms with E-state index in [2.05, 4.69) is 5.32 Å². The molecule has 3 rings (SSSR count). The monoisotopic (exact) mass is 393 g/mol. The summed E-state index contributed by atoms with van der Waals surface area (Å²) >= 11 is 0. The molecule has 1 aromatic rings. The molecule has 0 bridgehead atoms. The van der Waals surface area contributed by atoms with Crippen molar-refractivity contribution < 1.29 is 28.9 Å². The average Bonchev–Trinajstić information content (AvgIpc) is 3.00. The highest BCUT2D eigenvalue weighted by molar-refractivity contribution is 5.95. The quantitative estimate of drug-likeness (QED) is 0.789. The smallest absolute Gasteiger partial charge is 0.407 e. The zero-order valence-electron chi connectivity index (χ0n) is 16.4. The van der Waals surface area contributed by atoms with E-state index in [9.17, 15) is 14.7 Å². The lowest BCUT2D eigenvalue weighted by molar-refractivity contribution is -0.125. The summed E-state index contributed by atoms with van der Waals surface area (Å²) in [6.07, 6.45) is -2.01. The van der Waals surface area contributed by atoms with Crippen LogP contribution in [0.3, 0.4) is 0 Å². The summed E-state index contributed by atoms with van der Waals surface area (Å²) in [6.45, 7) is 7.13. The molecule has 0 saturated carbocycles. The normalized spacial score (nSPS) is 23.1. The SMILES string of the molecule is CC(C)(C)OC(=O)NCC1CN(c2ccc(N3CCOCC3=O)cc2)C(O)O1. The van der Waals surface area contributed by atoms with Gasteiger partial charge in [-0.3, -0.25) is 4.79 Å². The molecule has 1 aromatic carbocycles. The Balaban J connectivity index is 1.55. The van der Waals surface area contributed by atoms with Gasteiger partial charge in [-0.2, -0.15) is 0 Å². The predicted molar refractivity (Wildman–Crippen MR) is 102 cm³/mol. The van der Waals surface area contributed by atoms with Gasteiger partial charge in [0.15, 0.2) is 0 Å². The van der Waals surface area contributed by atoms with E-state index in [4.69, 9.17) is 14.2 Å². The Morgan fingerprint density at radius 1 is 1.29 bits per heavy atom. The standard InChI is InChI=1S/C19H27N3O6/c1-19(2,3)28-17(24)20-10-15-11-22(18(25)27-15)14-6-4-13(5-7-14)21-8-9-26-12-16(21)23/h4-7,15,18,25H,8-12H2,1-3H3,(H,20,24). The number of aliphatic hydroxyl groups excluding tert-OH is 1. The molecule has 2 atom stereocenters. The largest absolute Gasteiger partial charge is 0.444 e. The van der Waals surface area contributed by atoms with Crippen molar-refractivity contribution in [1.82, 2.24) is 5.32 Å². The molecule has 0 aliphatic carbocycles. The van der Waals surface area contributed by atoms with Crippen molar-refractivity contribution in [3.8, 4) is 0 Å². The molecule has 0 spiro atoms. The van der Waals surface area contributed by atoms with Gasteiger partial charge in [0.05, 0.1) is 19.3 Å². The molecular weight excluding hydrogens is 366 g/mol. The number of morpholine rings is 1. The third-order valence-corrected chi connectivity index (χ3v) is 4.33.